The summed E-state index contributed by atoms with van der Waals surface area (Å²) in [4.78, 5) is 17.5. The van der Waals surface area contributed by atoms with Crippen molar-refractivity contribution in [1.29, 1.82) is 0 Å². The number of nitrogens with one attached hydrogen (secondary N) is 1. The summed E-state index contributed by atoms with van der Waals surface area (Å²) in [6.07, 6.45) is 1.80. The van der Waals surface area contributed by atoms with Gasteiger partial charge in [0.2, 0.25) is 0 Å². The second kappa shape index (κ2) is 8.96. The number of carbonyl (C=O) groups is 1. The van der Waals surface area contributed by atoms with Gasteiger partial charge in [-0.15, -0.1) is 11.3 Å². The van der Waals surface area contributed by atoms with Crippen LogP contribution in [-0.4, -0.2) is 25.8 Å². The highest BCUT2D eigenvalue weighted by atomic mass is 32.1. The van der Waals surface area contributed by atoms with Crippen molar-refractivity contribution in [3.63, 3.8) is 0 Å². The molecule has 0 bridgehead atoms. The number of carbonyl (C=O) groups excluding carboxylic acids is 1. The second-order valence-corrected chi connectivity index (χ2v) is 8.39. The van der Waals surface area contributed by atoms with Crippen molar-refractivity contribution >= 4 is 22.4 Å². The van der Waals surface area contributed by atoms with E-state index in [4.69, 9.17) is 9.26 Å². The number of aromatic nitrogens is 4. The first-order valence-electron chi connectivity index (χ1n) is 10.3. The third kappa shape index (κ3) is 4.16. The molecule has 8 nitrogen and oxygen atoms in total. The molecule has 3 heterocycles. The Morgan fingerprint density at radius 3 is 2.66 bits per heavy atom. The van der Waals surface area contributed by atoms with Gasteiger partial charge in [0.25, 0.3) is 5.91 Å². The van der Waals surface area contributed by atoms with Gasteiger partial charge in [0.15, 0.2) is 10.8 Å². The van der Waals surface area contributed by atoms with Crippen LogP contribution < -0.4 is 10.1 Å². The summed E-state index contributed by atoms with van der Waals surface area (Å²) in [7, 11) is 0. The van der Waals surface area contributed by atoms with Gasteiger partial charge in [-0.25, -0.2) is 4.98 Å². The third-order valence-electron chi connectivity index (χ3n) is 5.37. The Bertz CT molecular complexity index is 1250. The number of amides is 1. The standard InChI is InChI=1S/C23H25N5O3S/c1-6-28-15(4)17(10-24-28)19-12-32-23(25-19)26-22(29)20-18(16(5)31-27-20)11-30-21-13(2)8-7-9-14(21)3/h7-10,12H,6,11H2,1-5H3,(H,25,26,29). The van der Waals surface area contributed by atoms with Gasteiger partial charge < -0.3 is 9.26 Å². The van der Waals surface area contributed by atoms with Crippen molar-refractivity contribution in [1.82, 2.24) is 19.9 Å². The summed E-state index contributed by atoms with van der Waals surface area (Å²) in [5.41, 5.74) is 5.63. The van der Waals surface area contributed by atoms with E-state index in [9.17, 15) is 4.79 Å². The topological polar surface area (TPSA) is 95.1 Å². The van der Waals surface area contributed by atoms with Crippen molar-refractivity contribution < 1.29 is 14.1 Å². The quantitative estimate of drug-likeness (QED) is 0.421. The number of hydrogen-bond acceptors (Lipinski definition) is 7. The lowest BCUT2D eigenvalue weighted by atomic mass is 10.1. The third-order valence-corrected chi connectivity index (χ3v) is 6.13. The van der Waals surface area contributed by atoms with Crippen LogP contribution in [0.5, 0.6) is 5.75 Å². The van der Waals surface area contributed by atoms with Crippen LogP contribution in [0.25, 0.3) is 11.3 Å². The zero-order chi connectivity index (χ0) is 22.8. The average molecular weight is 452 g/mol. The first kappa shape index (κ1) is 21.8. The molecule has 0 unspecified atom stereocenters. The van der Waals surface area contributed by atoms with E-state index < -0.39 is 0 Å². The SMILES string of the molecule is CCn1ncc(-c2csc(NC(=O)c3noc(C)c3COc3c(C)cccc3C)n2)c1C. The van der Waals surface area contributed by atoms with Gasteiger partial charge in [0.1, 0.15) is 18.1 Å². The highest BCUT2D eigenvalue weighted by Gasteiger charge is 2.22. The van der Waals surface area contributed by atoms with Gasteiger partial charge in [-0.2, -0.15) is 5.10 Å². The monoisotopic (exact) mass is 451 g/mol. The molecule has 0 aliphatic carbocycles. The Kier molecular flexibility index (Phi) is 6.09. The molecule has 32 heavy (non-hydrogen) atoms. The van der Waals surface area contributed by atoms with E-state index in [0.717, 1.165) is 40.4 Å². The van der Waals surface area contributed by atoms with Crippen molar-refractivity contribution in [2.45, 2.75) is 47.8 Å². The number of thiazole rings is 1. The Hall–Kier alpha value is -3.46. The molecule has 9 heteroatoms. The summed E-state index contributed by atoms with van der Waals surface area (Å²) < 4.78 is 13.2. The van der Waals surface area contributed by atoms with E-state index >= 15 is 0 Å². The van der Waals surface area contributed by atoms with Crippen molar-refractivity contribution in [3.8, 4) is 17.0 Å². The first-order valence-corrected chi connectivity index (χ1v) is 11.2. The number of rotatable bonds is 7. The molecular weight excluding hydrogens is 426 g/mol. The lowest BCUT2D eigenvalue weighted by Gasteiger charge is -2.11. The van der Waals surface area contributed by atoms with Gasteiger partial charge in [-0.3, -0.25) is 14.8 Å². The molecule has 1 amide bonds. The van der Waals surface area contributed by atoms with Crippen LogP contribution in [0.2, 0.25) is 0 Å². The van der Waals surface area contributed by atoms with Crippen LogP contribution in [0, 0.1) is 27.7 Å². The number of nitrogens with zero attached hydrogens (tertiary/aromatic N) is 4. The van der Waals surface area contributed by atoms with E-state index in [0.29, 0.717) is 16.5 Å². The van der Waals surface area contributed by atoms with Gasteiger partial charge in [0.05, 0.1) is 17.5 Å². The molecule has 1 N–H and O–H groups in total. The summed E-state index contributed by atoms with van der Waals surface area (Å²) >= 11 is 1.35. The number of aryl methyl sites for hydroxylation is 4. The van der Waals surface area contributed by atoms with E-state index in [-0.39, 0.29) is 18.2 Å². The summed E-state index contributed by atoms with van der Waals surface area (Å²) in [5, 5.41) is 13.5. The summed E-state index contributed by atoms with van der Waals surface area (Å²) in [6, 6.07) is 5.96. The van der Waals surface area contributed by atoms with E-state index in [2.05, 4.69) is 20.6 Å². The lowest BCUT2D eigenvalue weighted by molar-refractivity contribution is 0.101. The molecule has 166 valence electrons. The fraction of sp³-hybridized carbons (Fsp3) is 0.304. The molecule has 0 atom stereocenters. The molecule has 4 rings (SSSR count). The largest absolute Gasteiger partial charge is 0.488 e. The summed E-state index contributed by atoms with van der Waals surface area (Å²) in [6.45, 7) is 10.8. The Morgan fingerprint density at radius 1 is 1.22 bits per heavy atom. The maximum atomic E-state index is 12.9. The van der Waals surface area contributed by atoms with Crippen LogP contribution in [0.4, 0.5) is 5.13 Å². The molecule has 1 aromatic carbocycles. The molecule has 0 saturated carbocycles. The number of anilines is 1. The molecule has 0 spiro atoms. The molecule has 3 aromatic heterocycles. The molecule has 0 saturated heterocycles. The van der Waals surface area contributed by atoms with E-state index in [1.807, 2.05) is 56.0 Å². The Balaban J connectivity index is 1.50. The number of ether oxygens (including phenoxy) is 1. The van der Waals surface area contributed by atoms with Crippen molar-refractivity contribution in [2.24, 2.45) is 0 Å². The highest BCUT2D eigenvalue weighted by molar-refractivity contribution is 7.14. The molecule has 4 aromatic rings. The van der Waals surface area contributed by atoms with Gasteiger partial charge in [-0.05, 0) is 45.7 Å². The molecular formula is C23H25N5O3S. The van der Waals surface area contributed by atoms with Crippen molar-refractivity contribution in [3.05, 3.63) is 63.6 Å². The van der Waals surface area contributed by atoms with E-state index in [1.165, 1.54) is 11.3 Å². The second-order valence-electron chi connectivity index (χ2n) is 7.53. The number of para-hydroxylation sites is 1. The van der Waals surface area contributed by atoms with Crippen LogP contribution in [0.1, 0.15) is 45.6 Å². The highest BCUT2D eigenvalue weighted by Crippen LogP contribution is 2.28. The average Bonchev–Trinajstić information content (AvgIpc) is 3.46. The predicted molar refractivity (Wildman–Crippen MR) is 123 cm³/mol. The van der Waals surface area contributed by atoms with Gasteiger partial charge in [-0.1, -0.05) is 23.4 Å². The number of benzene rings is 1. The zero-order valence-corrected chi connectivity index (χ0v) is 19.5. The summed E-state index contributed by atoms with van der Waals surface area (Å²) in [5.74, 6) is 0.958. The fourth-order valence-electron chi connectivity index (χ4n) is 3.54. The first-order chi connectivity index (χ1) is 15.4. The van der Waals surface area contributed by atoms with Crippen LogP contribution in [0.3, 0.4) is 0 Å². The fourth-order valence-corrected chi connectivity index (χ4v) is 4.24. The Labute approximate surface area is 190 Å². The van der Waals surface area contributed by atoms with Crippen molar-refractivity contribution in [2.75, 3.05) is 5.32 Å². The minimum atomic E-state index is -0.385. The van der Waals surface area contributed by atoms with Gasteiger partial charge >= 0.3 is 0 Å². The molecule has 0 aliphatic heterocycles. The molecule has 0 radical (unpaired) electrons. The lowest BCUT2D eigenvalue weighted by Crippen LogP contribution is -2.15. The minimum absolute atomic E-state index is 0.183. The number of hydrogen-bond donors (Lipinski definition) is 1. The zero-order valence-electron chi connectivity index (χ0n) is 18.7. The van der Waals surface area contributed by atoms with Crippen LogP contribution >= 0.6 is 11.3 Å². The van der Waals surface area contributed by atoms with E-state index in [1.54, 1.807) is 13.1 Å². The van der Waals surface area contributed by atoms with Gasteiger partial charge in [0, 0.05) is 23.2 Å². The van der Waals surface area contributed by atoms with Crippen LogP contribution in [-0.2, 0) is 13.2 Å². The maximum Gasteiger partial charge on any atom is 0.280 e. The Morgan fingerprint density at radius 2 is 1.97 bits per heavy atom. The predicted octanol–water partition coefficient (Wildman–Crippen LogP) is 5.08. The minimum Gasteiger partial charge on any atom is -0.488 e. The molecule has 0 fully saturated rings. The normalized spacial score (nSPS) is 11.0. The smallest absolute Gasteiger partial charge is 0.280 e. The van der Waals surface area contributed by atoms with Crippen LogP contribution in [0.15, 0.2) is 34.3 Å². The molecule has 0 aliphatic rings. The maximum absolute atomic E-state index is 12.9.